The lowest BCUT2D eigenvalue weighted by atomic mass is 10.1. The van der Waals surface area contributed by atoms with E-state index in [1.165, 1.54) is 29.4 Å². The highest BCUT2D eigenvalue weighted by Crippen LogP contribution is 2.29. The predicted molar refractivity (Wildman–Crippen MR) is 112 cm³/mol. The van der Waals surface area contributed by atoms with Gasteiger partial charge in [-0.2, -0.15) is 0 Å². The van der Waals surface area contributed by atoms with Crippen LogP contribution in [0.4, 0.5) is 11.4 Å². The summed E-state index contributed by atoms with van der Waals surface area (Å²) in [6.07, 6.45) is 8.55. The van der Waals surface area contributed by atoms with Crippen molar-refractivity contribution >= 4 is 17.3 Å². The van der Waals surface area contributed by atoms with Gasteiger partial charge in [0.05, 0.1) is 36.0 Å². The van der Waals surface area contributed by atoms with Crippen molar-refractivity contribution in [1.82, 2.24) is 9.88 Å². The van der Waals surface area contributed by atoms with E-state index in [0.29, 0.717) is 11.4 Å². The van der Waals surface area contributed by atoms with Gasteiger partial charge in [0.25, 0.3) is 11.6 Å². The van der Waals surface area contributed by atoms with Crippen LogP contribution in [0.1, 0.15) is 34.8 Å². The summed E-state index contributed by atoms with van der Waals surface area (Å²) in [7, 11) is 0. The third-order valence-electron chi connectivity index (χ3n) is 4.44. The molecule has 1 atom stereocenters. The number of terminal acetylenes is 1. The van der Waals surface area contributed by atoms with Crippen molar-refractivity contribution in [3.05, 3.63) is 88.1 Å². The third-order valence-corrected chi connectivity index (χ3v) is 4.44. The molecule has 1 N–H and O–H groups in total. The van der Waals surface area contributed by atoms with E-state index in [2.05, 4.69) is 16.2 Å². The molecule has 8 heteroatoms. The molecule has 0 saturated heterocycles. The number of carbonyl (C=O) groups is 1. The van der Waals surface area contributed by atoms with Crippen molar-refractivity contribution in [1.29, 1.82) is 0 Å². The predicted octanol–water partition coefficient (Wildman–Crippen LogP) is 4.03. The zero-order valence-corrected chi connectivity index (χ0v) is 16.3. The van der Waals surface area contributed by atoms with Crippen molar-refractivity contribution < 1.29 is 14.1 Å². The van der Waals surface area contributed by atoms with E-state index in [1.807, 2.05) is 19.1 Å². The molecule has 1 amide bonds. The Morgan fingerprint density at radius 1 is 1.33 bits per heavy atom. The first-order valence-corrected chi connectivity index (χ1v) is 9.20. The van der Waals surface area contributed by atoms with Crippen LogP contribution in [-0.2, 0) is 6.54 Å². The largest absolute Gasteiger partial charge is 0.467 e. The first-order valence-electron chi connectivity index (χ1n) is 9.20. The summed E-state index contributed by atoms with van der Waals surface area (Å²) in [6, 6.07) is 12.9. The van der Waals surface area contributed by atoms with Crippen molar-refractivity contribution in [2.45, 2.75) is 19.5 Å². The number of furan rings is 1. The number of nitro benzene ring substituents is 1. The van der Waals surface area contributed by atoms with Crippen molar-refractivity contribution in [2.24, 2.45) is 0 Å². The zero-order chi connectivity index (χ0) is 21.5. The lowest BCUT2D eigenvalue weighted by molar-refractivity contribution is -0.384. The van der Waals surface area contributed by atoms with Crippen LogP contribution < -0.4 is 5.32 Å². The summed E-state index contributed by atoms with van der Waals surface area (Å²) in [5, 5.41) is 14.7. The molecule has 0 aliphatic carbocycles. The van der Waals surface area contributed by atoms with Crippen molar-refractivity contribution in [2.75, 3.05) is 11.9 Å². The van der Waals surface area contributed by atoms with Crippen molar-refractivity contribution in [3.8, 4) is 12.3 Å². The van der Waals surface area contributed by atoms with E-state index in [1.54, 1.807) is 24.4 Å². The summed E-state index contributed by atoms with van der Waals surface area (Å²) in [5.74, 6) is 2.58. The van der Waals surface area contributed by atoms with Gasteiger partial charge in [0.2, 0.25) is 0 Å². The highest BCUT2D eigenvalue weighted by Gasteiger charge is 2.23. The molecule has 1 unspecified atom stereocenters. The van der Waals surface area contributed by atoms with Gasteiger partial charge >= 0.3 is 0 Å². The second kappa shape index (κ2) is 9.39. The lowest BCUT2D eigenvalue weighted by Crippen LogP contribution is -2.30. The molecule has 8 nitrogen and oxygen atoms in total. The summed E-state index contributed by atoms with van der Waals surface area (Å²) >= 11 is 0. The van der Waals surface area contributed by atoms with Crippen LogP contribution >= 0.6 is 0 Å². The van der Waals surface area contributed by atoms with Crippen LogP contribution in [0.25, 0.3) is 0 Å². The Morgan fingerprint density at radius 2 is 2.17 bits per heavy atom. The van der Waals surface area contributed by atoms with E-state index in [0.717, 1.165) is 5.69 Å². The third kappa shape index (κ3) is 4.83. The average molecular weight is 404 g/mol. The van der Waals surface area contributed by atoms with Gasteiger partial charge < -0.3 is 14.6 Å². The van der Waals surface area contributed by atoms with Gasteiger partial charge in [-0.1, -0.05) is 12.0 Å². The molecule has 0 bridgehead atoms. The molecule has 0 fully saturated rings. The number of pyridine rings is 1. The first-order chi connectivity index (χ1) is 14.5. The molecule has 152 valence electrons. The summed E-state index contributed by atoms with van der Waals surface area (Å²) < 4.78 is 5.28. The van der Waals surface area contributed by atoms with Gasteiger partial charge in [-0.15, -0.1) is 6.42 Å². The molecular formula is C22H20N4O4. The SMILES string of the molecule is C#CCN(Cc1ccco1)C(=O)c1ccc(NC(C)c2ccccn2)c([N+](=O)[O-])c1. The fraction of sp³-hybridized carbons (Fsp3) is 0.182. The van der Waals surface area contributed by atoms with Gasteiger partial charge in [0, 0.05) is 17.8 Å². The Bertz CT molecular complexity index is 1060. The maximum absolute atomic E-state index is 12.9. The molecule has 3 rings (SSSR count). The quantitative estimate of drug-likeness (QED) is 0.345. The molecule has 3 aromatic rings. The Balaban J connectivity index is 1.85. The minimum atomic E-state index is -0.525. The second-order valence-electron chi connectivity index (χ2n) is 6.55. The number of aromatic nitrogens is 1. The maximum Gasteiger partial charge on any atom is 0.293 e. The molecule has 0 aliphatic rings. The fourth-order valence-corrected chi connectivity index (χ4v) is 2.96. The van der Waals surface area contributed by atoms with Crippen LogP contribution in [0.5, 0.6) is 0 Å². The van der Waals surface area contributed by atoms with Gasteiger partial charge in [-0.25, -0.2) is 0 Å². The number of benzene rings is 1. The minimum absolute atomic E-state index is 0.0457. The maximum atomic E-state index is 12.9. The Morgan fingerprint density at radius 3 is 2.80 bits per heavy atom. The van der Waals surface area contributed by atoms with Crippen LogP contribution in [0.15, 0.2) is 65.4 Å². The number of amides is 1. The number of carbonyl (C=O) groups excluding carboxylic acids is 1. The lowest BCUT2D eigenvalue weighted by Gasteiger charge is -2.20. The van der Waals surface area contributed by atoms with E-state index in [4.69, 9.17) is 10.8 Å². The molecule has 2 aromatic heterocycles. The first kappa shape index (κ1) is 20.6. The van der Waals surface area contributed by atoms with Gasteiger partial charge in [-0.3, -0.25) is 19.9 Å². The van der Waals surface area contributed by atoms with Crippen molar-refractivity contribution in [3.63, 3.8) is 0 Å². The molecule has 0 radical (unpaired) electrons. The highest BCUT2D eigenvalue weighted by molar-refractivity contribution is 5.96. The summed E-state index contributed by atoms with van der Waals surface area (Å²) in [5.41, 5.74) is 0.997. The van der Waals surface area contributed by atoms with Crippen LogP contribution in [0.3, 0.4) is 0 Å². The monoisotopic (exact) mass is 404 g/mol. The Kier molecular flexibility index (Phi) is 6.45. The number of hydrogen-bond donors (Lipinski definition) is 1. The number of nitrogens with one attached hydrogen (secondary N) is 1. The normalized spacial score (nSPS) is 11.3. The fourth-order valence-electron chi connectivity index (χ4n) is 2.96. The minimum Gasteiger partial charge on any atom is -0.467 e. The van der Waals surface area contributed by atoms with E-state index >= 15 is 0 Å². The number of nitro groups is 1. The smallest absolute Gasteiger partial charge is 0.293 e. The number of hydrogen-bond acceptors (Lipinski definition) is 6. The summed E-state index contributed by atoms with van der Waals surface area (Å²) in [4.78, 5) is 29.7. The van der Waals surface area contributed by atoms with Crippen LogP contribution in [-0.4, -0.2) is 27.3 Å². The van der Waals surface area contributed by atoms with Gasteiger partial charge in [-0.05, 0) is 43.3 Å². The van der Waals surface area contributed by atoms with Gasteiger partial charge in [0.1, 0.15) is 11.4 Å². The van der Waals surface area contributed by atoms with Crippen LogP contribution in [0.2, 0.25) is 0 Å². The molecule has 0 saturated carbocycles. The van der Waals surface area contributed by atoms with E-state index in [9.17, 15) is 14.9 Å². The average Bonchev–Trinajstić information content (AvgIpc) is 3.27. The topological polar surface area (TPSA) is 102 Å². The Hall–Kier alpha value is -4.12. The second-order valence-corrected chi connectivity index (χ2v) is 6.55. The molecule has 1 aromatic carbocycles. The molecule has 2 heterocycles. The number of nitrogens with zero attached hydrogens (tertiary/aromatic N) is 3. The van der Waals surface area contributed by atoms with E-state index < -0.39 is 10.8 Å². The molecule has 30 heavy (non-hydrogen) atoms. The zero-order valence-electron chi connectivity index (χ0n) is 16.3. The molecule has 0 spiro atoms. The number of anilines is 1. The molecular weight excluding hydrogens is 384 g/mol. The Labute approximate surface area is 173 Å². The van der Waals surface area contributed by atoms with Gasteiger partial charge in [0.15, 0.2) is 0 Å². The molecule has 0 aliphatic heterocycles. The van der Waals surface area contributed by atoms with Crippen LogP contribution in [0, 0.1) is 22.5 Å². The highest BCUT2D eigenvalue weighted by atomic mass is 16.6. The number of rotatable bonds is 8. The summed E-state index contributed by atoms with van der Waals surface area (Å²) in [6.45, 7) is 2.06. The van der Waals surface area contributed by atoms with E-state index in [-0.39, 0.29) is 30.4 Å². The standard InChI is InChI=1S/C22H20N4O4/c1-3-12-25(15-18-7-6-13-30-18)22(27)17-9-10-20(21(14-17)26(28)29)24-16(2)19-8-4-5-11-23-19/h1,4-11,13-14,16,24H,12,15H2,2H3.